The maximum Gasteiger partial charge on any atom is 0.256 e. The normalized spacial score (nSPS) is 13.8. The fourth-order valence-corrected chi connectivity index (χ4v) is 5.56. The highest BCUT2D eigenvalue weighted by Crippen LogP contribution is 2.31. The van der Waals surface area contributed by atoms with Crippen molar-refractivity contribution >= 4 is 44.8 Å². The van der Waals surface area contributed by atoms with Gasteiger partial charge in [-0.05, 0) is 70.9 Å². The molecule has 1 aliphatic rings. The summed E-state index contributed by atoms with van der Waals surface area (Å²) in [6.45, 7) is 4.99. The molecule has 1 unspecified atom stereocenters. The van der Waals surface area contributed by atoms with E-state index in [9.17, 15) is 9.59 Å². The number of para-hydroxylation sites is 2. The van der Waals surface area contributed by atoms with Gasteiger partial charge in [0.15, 0.2) is 0 Å². The van der Waals surface area contributed by atoms with Crippen molar-refractivity contribution < 1.29 is 14.3 Å². The van der Waals surface area contributed by atoms with Crippen molar-refractivity contribution in [3.8, 4) is 5.75 Å². The molecule has 0 saturated carbocycles. The van der Waals surface area contributed by atoms with Crippen LogP contribution >= 0.6 is 15.9 Å². The first-order valence-corrected chi connectivity index (χ1v) is 14.4. The highest BCUT2D eigenvalue weighted by Gasteiger charge is 2.25. The number of nitrogens with one attached hydrogen (secondary N) is 2. The summed E-state index contributed by atoms with van der Waals surface area (Å²) in [7, 11) is 1.69. The van der Waals surface area contributed by atoms with Gasteiger partial charge in [-0.2, -0.15) is 0 Å². The molecule has 0 spiro atoms. The summed E-state index contributed by atoms with van der Waals surface area (Å²) in [6.07, 6.45) is 0. The molecule has 210 valence electrons. The predicted molar refractivity (Wildman–Crippen MR) is 168 cm³/mol. The maximum atomic E-state index is 13.7. The molecule has 0 aliphatic carbocycles. The van der Waals surface area contributed by atoms with Gasteiger partial charge in [-0.3, -0.25) is 9.59 Å². The summed E-state index contributed by atoms with van der Waals surface area (Å²) in [5.74, 6) is 0.404. The van der Waals surface area contributed by atoms with Crippen LogP contribution in [-0.4, -0.2) is 45.1 Å². The Morgan fingerprint density at radius 3 is 2.10 bits per heavy atom. The van der Waals surface area contributed by atoms with Gasteiger partial charge in [0.2, 0.25) is 0 Å². The molecule has 1 saturated heterocycles. The van der Waals surface area contributed by atoms with Gasteiger partial charge >= 0.3 is 0 Å². The highest BCUT2D eigenvalue weighted by atomic mass is 79.9. The number of benzene rings is 4. The van der Waals surface area contributed by atoms with E-state index in [2.05, 4.69) is 42.4 Å². The number of ether oxygens (including phenoxy) is 1. The van der Waals surface area contributed by atoms with Crippen LogP contribution in [-0.2, 0) is 0 Å². The fourth-order valence-electron chi connectivity index (χ4n) is 5.09. The molecule has 5 rings (SSSR count). The molecule has 8 heteroatoms. The minimum atomic E-state index is -0.250. The van der Waals surface area contributed by atoms with Gasteiger partial charge in [0.25, 0.3) is 11.8 Å². The Labute approximate surface area is 249 Å². The Morgan fingerprint density at radius 1 is 0.756 bits per heavy atom. The van der Waals surface area contributed by atoms with Crippen LogP contribution in [0, 0.1) is 0 Å². The lowest BCUT2D eigenvalue weighted by molar-refractivity contribution is 0.0939. The first-order chi connectivity index (χ1) is 19.9. The number of nitrogens with zero attached hydrogens (tertiary/aromatic N) is 2. The minimum Gasteiger partial charge on any atom is -0.495 e. The first kappa shape index (κ1) is 28.2. The number of hydrogen-bond donors (Lipinski definition) is 2. The molecule has 0 aromatic heterocycles. The number of carbonyl (C=O) groups excluding carboxylic acids is 2. The zero-order chi connectivity index (χ0) is 28.8. The van der Waals surface area contributed by atoms with Crippen molar-refractivity contribution in [3.05, 3.63) is 118 Å². The van der Waals surface area contributed by atoms with Crippen LogP contribution in [0.25, 0.3) is 0 Å². The number of anilines is 3. The second-order valence-electron chi connectivity index (χ2n) is 9.92. The second-order valence-corrected chi connectivity index (χ2v) is 10.8. The standard InChI is InChI=1S/C33H33BrN4O3/c1-23(24-10-4-3-5-11-24)35-33(40)27-22-25(36-32(39)26-12-6-7-13-28(26)34)16-17-29(27)37-18-20-38(21-19-37)30-14-8-9-15-31(30)41-2/h3-17,22-23H,18-21H2,1-2H3,(H,35,40)(H,36,39). The summed E-state index contributed by atoms with van der Waals surface area (Å²) in [5, 5.41) is 6.11. The van der Waals surface area contributed by atoms with E-state index in [0.29, 0.717) is 21.3 Å². The molecule has 4 aromatic carbocycles. The summed E-state index contributed by atoms with van der Waals surface area (Å²) in [5.41, 5.74) is 4.51. The van der Waals surface area contributed by atoms with Gasteiger partial charge in [0.1, 0.15) is 5.75 Å². The van der Waals surface area contributed by atoms with Gasteiger partial charge in [-0.25, -0.2) is 0 Å². The minimum absolute atomic E-state index is 0.183. The van der Waals surface area contributed by atoms with Gasteiger partial charge in [0, 0.05) is 42.0 Å². The van der Waals surface area contributed by atoms with Gasteiger partial charge in [0.05, 0.1) is 30.0 Å². The number of piperazine rings is 1. The average Bonchev–Trinajstić information content (AvgIpc) is 3.01. The molecule has 0 bridgehead atoms. The SMILES string of the molecule is COc1ccccc1N1CCN(c2ccc(NC(=O)c3ccccc3Br)cc2C(=O)NC(C)c2ccccc2)CC1. The lowest BCUT2D eigenvalue weighted by Crippen LogP contribution is -2.47. The Bertz CT molecular complexity index is 1520. The van der Waals surface area contributed by atoms with Gasteiger partial charge in [-0.15, -0.1) is 0 Å². The summed E-state index contributed by atoms with van der Waals surface area (Å²) in [4.78, 5) is 31.3. The van der Waals surface area contributed by atoms with Crippen LogP contribution in [0.3, 0.4) is 0 Å². The van der Waals surface area contributed by atoms with E-state index >= 15 is 0 Å². The van der Waals surface area contributed by atoms with Gasteiger partial charge in [-0.1, -0.05) is 54.6 Å². The fraction of sp³-hybridized carbons (Fsp3) is 0.212. The summed E-state index contributed by atoms with van der Waals surface area (Å²) in [6, 6.07) is 30.5. The smallest absolute Gasteiger partial charge is 0.256 e. The van der Waals surface area contributed by atoms with E-state index in [0.717, 1.165) is 48.9 Å². The quantitative estimate of drug-likeness (QED) is 0.237. The Balaban J connectivity index is 1.39. The third-order valence-electron chi connectivity index (χ3n) is 7.31. The zero-order valence-corrected chi connectivity index (χ0v) is 24.7. The average molecular weight is 614 g/mol. The first-order valence-electron chi connectivity index (χ1n) is 13.6. The molecule has 41 heavy (non-hydrogen) atoms. The maximum absolute atomic E-state index is 13.7. The topological polar surface area (TPSA) is 73.9 Å². The third-order valence-corrected chi connectivity index (χ3v) is 8.00. The van der Waals surface area contributed by atoms with E-state index in [1.807, 2.05) is 85.8 Å². The van der Waals surface area contributed by atoms with Crippen LogP contribution in [0.1, 0.15) is 39.2 Å². The van der Waals surface area contributed by atoms with Crippen molar-refractivity contribution in [1.82, 2.24) is 5.32 Å². The van der Waals surface area contributed by atoms with Gasteiger partial charge < -0.3 is 25.2 Å². The van der Waals surface area contributed by atoms with Crippen LogP contribution in [0.15, 0.2) is 102 Å². The highest BCUT2D eigenvalue weighted by molar-refractivity contribution is 9.10. The molecule has 0 radical (unpaired) electrons. The summed E-state index contributed by atoms with van der Waals surface area (Å²) < 4.78 is 6.28. The monoisotopic (exact) mass is 612 g/mol. The van der Waals surface area contributed by atoms with E-state index in [4.69, 9.17) is 4.74 Å². The van der Waals surface area contributed by atoms with E-state index < -0.39 is 0 Å². The molecular formula is C33H33BrN4O3. The van der Waals surface area contributed by atoms with Crippen LogP contribution in [0.5, 0.6) is 5.75 Å². The molecule has 1 fully saturated rings. The lowest BCUT2D eigenvalue weighted by atomic mass is 10.1. The lowest BCUT2D eigenvalue weighted by Gasteiger charge is -2.38. The van der Waals surface area contributed by atoms with Crippen molar-refractivity contribution in [2.45, 2.75) is 13.0 Å². The molecule has 1 heterocycles. The largest absolute Gasteiger partial charge is 0.495 e. The van der Waals surface area contributed by atoms with E-state index in [1.54, 1.807) is 19.2 Å². The van der Waals surface area contributed by atoms with Crippen molar-refractivity contribution in [2.24, 2.45) is 0 Å². The third kappa shape index (κ3) is 6.55. The Hall–Kier alpha value is -4.30. The molecule has 4 aromatic rings. The molecular weight excluding hydrogens is 580 g/mol. The number of carbonyl (C=O) groups is 2. The van der Waals surface area contributed by atoms with Crippen molar-refractivity contribution in [2.75, 3.05) is 48.4 Å². The molecule has 1 aliphatic heterocycles. The van der Waals surface area contributed by atoms with E-state index in [-0.39, 0.29) is 17.9 Å². The number of rotatable bonds is 8. The Morgan fingerprint density at radius 2 is 1.39 bits per heavy atom. The Kier molecular flexibility index (Phi) is 8.89. The number of hydrogen-bond acceptors (Lipinski definition) is 5. The van der Waals surface area contributed by atoms with Crippen molar-refractivity contribution in [1.29, 1.82) is 0 Å². The molecule has 2 N–H and O–H groups in total. The molecule has 1 atom stereocenters. The van der Waals surface area contributed by atoms with Crippen LogP contribution < -0.4 is 25.2 Å². The summed E-state index contributed by atoms with van der Waals surface area (Å²) >= 11 is 3.45. The molecule has 7 nitrogen and oxygen atoms in total. The zero-order valence-electron chi connectivity index (χ0n) is 23.1. The van der Waals surface area contributed by atoms with Crippen molar-refractivity contribution in [3.63, 3.8) is 0 Å². The number of halogens is 1. The van der Waals surface area contributed by atoms with Crippen LogP contribution in [0.2, 0.25) is 0 Å². The number of methoxy groups -OCH3 is 1. The number of amides is 2. The molecule has 2 amide bonds. The second kappa shape index (κ2) is 12.9. The predicted octanol–water partition coefficient (Wildman–Crippen LogP) is 6.53. The van der Waals surface area contributed by atoms with E-state index in [1.165, 1.54) is 0 Å². The van der Waals surface area contributed by atoms with Crippen LogP contribution in [0.4, 0.5) is 17.1 Å².